The third kappa shape index (κ3) is 3.53. The summed E-state index contributed by atoms with van der Waals surface area (Å²) in [6.45, 7) is 3.74. The monoisotopic (exact) mass is 302 g/mol. The lowest BCUT2D eigenvalue weighted by Crippen LogP contribution is -2.36. The first-order valence-electron chi connectivity index (χ1n) is 6.12. The Morgan fingerprint density at radius 1 is 1.47 bits per heavy atom. The zero-order chi connectivity index (χ0) is 14.0. The number of benzene rings is 1. The molecule has 0 radical (unpaired) electrons. The summed E-state index contributed by atoms with van der Waals surface area (Å²) >= 11 is 11.9. The van der Waals surface area contributed by atoms with E-state index in [9.17, 15) is 4.79 Å². The van der Waals surface area contributed by atoms with Crippen molar-refractivity contribution in [1.29, 1.82) is 0 Å². The highest BCUT2D eigenvalue weighted by Gasteiger charge is 2.31. The SMILES string of the molecule is CC1CN(C(=O)O)CC1NCc1ccc(Cl)cc1Cl. The summed E-state index contributed by atoms with van der Waals surface area (Å²) in [6.07, 6.45) is -0.860. The van der Waals surface area contributed by atoms with Crippen molar-refractivity contribution >= 4 is 29.3 Å². The second-order valence-electron chi connectivity index (χ2n) is 4.89. The molecule has 0 spiro atoms. The van der Waals surface area contributed by atoms with E-state index in [0.29, 0.717) is 35.6 Å². The fourth-order valence-electron chi connectivity index (χ4n) is 2.29. The zero-order valence-corrected chi connectivity index (χ0v) is 12.1. The van der Waals surface area contributed by atoms with Gasteiger partial charge in [-0.1, -0.05) is 36.2 Å². The lowest BCUT2D eigenvalue weighted by atomic mass is 10.1. The van der Waals surface area contributed by atoms with Crippen LogP contribution in [0.2, 0.25) is 10.0 Å². The molecule has 2 rings (SSSR count). The lowest BCUT2D eigenvalue weighted by molar-refractivity contribution is 0.153. The Labute approximate surface area is 122 Å². The van der Waals surface area contributed by atoms with Crippen molar-refractivity contribution in [3.05, 3.63) is 33.8 Å². The summed E-state index contributed by atoms with van der Waals surface area (Å²) < 4.78 is 0. The predicted octanol–water partition coefficient (Wildman–Crippen LogP) is 3.08. The topological polar surface area (TPSA) is 52.6 Å². The van der Waals surface area contributed by atoms with E-state index < -0.39 is 6.09 Å². The minimum absolute atomic E-state index is 0.155. The van der Waals surface area contributed by atoms with Crippen LogP contribution < -0.4 is 5.32 Å². The van der Waals surface area contributed by atoms with E-state index in [1.54, 1.807) is 12.1 Å². The summed E-state index contributed by atoms with van der Waals surface area (Å²) in [5, 5.41) is 13.6. The van der Waals surface area contributed by atoms with Gasteiger partial charge in [0.1, 0.15) is 0 Å². The second kappa shape index (κ2) is 5.99. The minimum Gasteiger partial charge on any atom is -0.465 e. The molecule has 2 atom stereocenters. The molecule has 19 heavy (non-hydrogen) atoms. The number of carboxylic acid groups (broad SMARTS) is 1. The number of hydrogen-bond acceptors (Lipinski definition) is 2. The van der Waals surface area contributed by atoms with Crippen molar-refractivity contribution in [2.75, 3.05) is 13.1 Å². The largest absolute Gasteiger partial charge is 0.465 e. The number of likely N-dealkylation sites (tertiary alicyclic amines) is 1. The van der Waals surface area contributed by atoms with E-state index in [4.69, 9.17) is 28.3 Å². The molecular weight excluding hydrogens is 287 g/mol. The summed E-state index contributed by atoms with van der Waals surface area (Å²) in [5.41, 5.74) is 0.965. The number of carbonyl (C=O) groups is 1. The smallest absolute Gasteiger partial charge is 0.407 e. The van der Waals surface area contributed by atoms with Crippen molar-refractivity contribution in [2.45, 2.75) is 19.5 Å². The van der Waals surface area contributed by atoms with Crippen molar-refractivity contribution in [1.82, 2.24) is 10.2 Å². The first kappa shape index (κ1) is 14.4. The van der Waals surface area contributed by atoms with Crippen LogP contribution in [0.25, 0.3) is 0 Å². The van der Waals surface area contributed by atoms with Crippen LogP contribution in [0.4, 0.5) is 4.79 Å². The molecule has 1 heterocycles. The number of nitrogens with zero attached hydrogens (tertiary/aromatic N) is 1. The van der Waals surface area contributed by atoms with Crippen LogP contribution in [0, 0.1) is 5.92 Å². The van der Waals surface area contributed by atoms with Gasteiger partial charge in [0, 0.05) is 35.7 Å². The number of amides is 1. The fraction of sp³-hybridized carbons (Fsp3) is 0.462. The Morgan fingerprint density at radius 3 is 2.79 bits per heavy atom. The van der Waals surface area contributed by atoms with E-state index in [1.807, 2.05) is 13.0 Å². The average molecular weight is 303 g/mol. The van der Waals surface area contributed by atoms with E-state index in [0.717, 1.165) is 5.56 Å². The summed E-state index contributed by atoms with van der Waals surface area (Å²) in [6, 6.07) is 5.54. The van der Waals surface area contributed by atoms with Gasteiger partial charge < -0.3 is 15.3 Å². The highest BCUT2D eigenvalue weighted by Crippen LogP contribution is 2.22. The molecule has 4 nitrogen and oxygen atoms in total. The van der Waals surface area contributed by atoms with Crippen LogP contribution in [-0.4, -0.2) is 35.2 Å². The van der Waals surface area contributed by atoms with Crippen LogP contribution in [0.1, 0.15) is 12.5 Å². The van der Waals surface area contributed by atoms with Crippen molar-refractivity contribution in [3.63, 3.8) is 0 Å². The molecule has 1 aliphatic rings. The van der Waals surface area contributed by atoms with Gasteiger partial charge in [0.2, 0.25) is 0 Å². The minimum atomic E-state index is -0.860. The molecule has 0 saturated carbocycles. The summed E-state index contributed by atoms with van der Waals surface area (Å²) in [4.78, 5) is 12.4. The first-order chi connectivity index (χ1) is 8.97. The second-order valence-corrected chi connectivity index (χ2v) is 5.73. The Bertz CT molecular complexity index is 482. The third-order valence-electron chi connectivity index (χ3n) is 3.45. The molecular formula is C13H16Cl2N2O2. The number of rotatable bonds is 3. The van der Waals surface area contributed by atoms with Crippen LogP contribution in [0.15, 0.2) is 18.2 Å². The van der Waals surface area contributed by atoms with Crippen molar-refractivity contribution < 1.29 is 9.90 Å². The molecule has 2 unspecified atom stereocenters. The Hall–Kier alpha value is -0.970. The normalized spacial score (nSPS) is 22.8. The van der Waals surface area contributed by atoms with Crippen LogP contribution >= 0.6 is 23.2 Å². The van der Waals surface area contributed by atoms with Gasteiger partial charge >= 0.3 is 6.09 Å². The van der Waals surface area contributed by atoms with Gasteiger partial charge in [-0.15, -0.1) is 0 Å². The molecule has 1 saturated heterocycles. The molecule has 1 aromatic rings. The van der Waals surface area contributed by atoms with Gasteiger partial charge in [-0.05, 0) is 23.6 Å². The zero-order valence-electron chi connectivity index (χ0n) is 10.6. The van der Waals surface area contributed by atoms with E-state index in [2.05, 4.69) is 5.32 Å². The molecule has 1 fully saturated rings. The Morgan fingerprint density at radius 2 is 2.21 bits per heavy atom. The predicted molar refractivity (Wildman–Crippen MR) is 75.9 cm³/mol. The molecule has 0 aromatic heterocycles. The van der Waals surface area contributed by atoms with Crippen molar-refractivity contribution in [2.24, 2.45) is 5.92 Å². The molecule has 1 aliphatic heterocycles. The van der Waals surface area contributed by atoms with Crippen LogP contribution in [-0.2, 0) is 6.54 Å². The molecule has 0 bridgehead atoms. The van der Waals surface area contributed by atoms with Crippen molar-refractivity contribution in [3.8, 4) is 0 Å². The van der Waals surface area contributed by atoms with E-state index in [1.165, 1.54) is 4.90 Å². The molecule has 0 aliphatic carbocycles. The van der Waals surface area contributed by atoms with Gasteiger partial charge in [-0.25, -0.2) is 4.79 Å². The molecule has 104 valence electrons. The van der Waals surface area contributed by atoms with Gasteiger partial charge in [0.25, 0.3) is 0 Å². The summed E-state index contributed by atoms with van der Waals surface area (Å²) in [5.74, 6) is 0.294. The van der Waals surface area contributed by atoms with Gasteiger partial charge in [-0.2, -0.15) is 0 Å². The number of halogens is 2. The molecule has 6 heteroatoms. The average Bonchev–Trinajstić information content (AvgIpc) is 2.70. The molecule has 1 amide bonds. The van der Waals surface area contributed by atoms with E-state index in [-0.39, 0.29) is 6.04 Å². The summed E-state index contributed by atoms with van der Waals surface area (Å²) in [7, 11) is 0. The Kier molecular flexibility index (Phi) is 4.55. The van der Waals surface area contributed by atoms with Crippen LogP contribution in [0.3, 0.4) is 0 Å². The van der Waals surface area contributed by atoms with Gasteiger partial charge in [-0.3, -0.25) is 0 Å². The highest BCUT2D eigenvalue weighted by atomic mass is 35.5. The standard InChI is InChI=1S/C13H16Cl2N2O2/c1-8-6-17(13(18)19)7-12(8)16-5-9-2-3-10(14)4-11(9)15/h2-4,8,12,16H,5-7H2,1H3,(H,18,19). The quantitative estimate of drug-likeness (QED) is 0.902. The third-order valence-corrected chi connectivity index (χ3v) is 4.04. The maximum absolute atomic E-state index is 10.9. The van der Waals surface area contributed by atoms with Gasteiger partial charge in [0.05, 0.1) is 0 Å². The van der Waals surface area contributed by atoms with Crippen LogP contribution in [0.5, 0.6) is 0 Å². The maximum Gasteiger partial charge on any atom is 0.407 e. The Balaban J connectivity index is 1.94. The fourth-order valence-corrected chi connectivity index (χ4v) is 2.77. The number of hydrogen-bond donors (Lipinski definition) is 2. The number of nitrogens with one attached hydrogen (secondary N) is 1. The molecule has 1 aromatic carbocycles. The first-order valence-corrected chi connectivity index (χ1v) is 6.88. The highest BCUT2D eigenvalue weighted by molar-refractivity contribution is 6.35. The van der Waals surface area contributed by atoms with E-state index >= 15 is 0 Å². The molecule has 2 N–H and O–H groups in total. The maximum atomic E-state index is 10.9. The van der Waals surface area contributed by atoms with Gasteiger partial charge in [0.15, 0.2) is 0 Å². The lowest BCUT2D eigenvalue weighted by Gasteiger charge is -2.16.